The highest BCUT2D eigenvalue weighted by molar-refractivity contribution is 5.92. The smallest absolute Gasteiger partial charge is 0.337 e. The van der Waals surface area contributed by atoms with E-state index in [1.807, 2.05) is 6.92 Å². The van der Waals surface area contributed by atoms with Crippen molar-refractivity contribution in [3.63, 3.8) is 0 Å². The molecule has 1 unspecified atom stereocenters. The minimum absolute atomic E-state index is 0.240. The van der Waals surface area contributed by atoms with Crippen LogP contribution in [-0.4, -0.2) is 26.2 Å². The van der Waals surface area contributed by atoms with E-state index >= 15 is 0 Å². The van der Waals surface area contributed by atoms with Gasteiger partial charge in [-0.05, 0) is 36.6 Å². The molecule has 1 aromatic carbocycles. The molecule has 0 spiro atoms. The third kappa shape index (κ3) is 1.60. The summed E-state index contributed by atoms with van der Waals surface area (Å²) in [5.41, 5.74) is 1.87. The van der Waals surface area contributed by atoms with Gasteiger partial charge in [-0.2, -0.15) is 0 Å². The number of benzene rings is 1. The van der Waals surface area contributed by atoms with Crippen LogP contribution in [0.2, 0.25) is 0 Å². The zero-order valence-corrected chi connectivity index (χ0v) is 10.1. The minimum Gasteiger partial charge on any atom is -0.468 e. The van der Waals surface area contributed by atoms with Gasteiger partial charge in [0.1, 0.15) is 0 Å². The van der Waals surface area contributed by atoms with Gasteiger partial charge in [0.2, 0.25) is 0 Å². The van der Waals surface area contributed by atoms with Crippen molar-refractivity contribution in [1.29, 1.82) is 0 Å². The Morgan fingerprint density at radius 2 is 1.94 bits per heavy atom. The Labute approximate surface area is 99.5 Å². The standard InChI is InChI=1S/C13H14O4/c1-13(12(15)17-3)7-9-6-8(11(14)16-2)4-5-10(9)13/h4-6H,7H2,1-3H3. The zero-order chi connectivity index (χ0) is 12.6. The van der Waals surface area contributed by atoms with Crippen molar-refractivity contribution in [3.05, 3.63) is 34.9 Å². The van der Waals surface area contributed by atoms with Gasteiger partial charge in [-0.15, -0.1) is 0 Å². The first-order chi connectivity index (χ1) is 8.02. The first-order valence-electron chi connectivity index (χ1n) is 5.33. The molecule has 90 valence electrons. The lowest BCUT2D eigenvalue weighted by Crippen LogP contribution is -2.44. The van der Waals surface area contributed by atoms with Gasteiger partial charge in [0.15, 0.2) is 0 Å². The maximum absolute atomic E-state index is 11.6. The van der Waals surface area contributed by atoms with Crippen LogP contribution in [0.25, 0.3) is 0 Å². The summed E-state index contributed by atoms with van der Waals surface area (Å²) < 4.78 is 9.43. The summed E-state index contributed by atoms with van der Waals surface area (Å²) in [6.07, 6.45) is 0.597. The van der Waals surface area contributed by atoms with Crippen LogP contribution in [0.5, 0.6) is 0 Å². The van der Waals surface area contributed by atoms with E-state index in [2.05, 4.69) is 4.74 Å². The lowest BCUT2D eigenvalue weighted by atomic mass is 9.65. The van der Waals surface area contributed by atoms with E-state index in [0.717, 1.165) is 11.1 Å². The Kier molecular flexibility index (Phi) is 2.65. The Hall–Kier alpha value is -1.84. The summed E-state index contributed by atoms with van der Waals surface area (Å²) in [7, 11) is 2.73. The molecule has 0 amide bonds. The van der Waals surface area contributed by atoms with Gasteiger partial charge >= 0.3 is 11.9 Å². The number of carbonyl (C=O) groups is 2. The fraction of sp³-hybridized carbons (Fsp3) is 0.385. The van der Waals surface area contributed by atoms with Crippen LogP contribution in [0, 0.1) is 0 Å². The van der Waals surface area contributed by atoms with Crippen molar-refractivity contribution in [2.24, 2.45) is 0 Å². The largest absolute Gasteiger partial charge is 0.468 e. The number of methoxy groups -OCH3 is 2. The highest BCUT2D eigenvalue weighted by Crippen LogP contribution is 2.42. The van der Waals surface area contributed by atoms with Crippen molar-refractivity contribution in [3.8, 4) is 0 Å². The topological polar surface area (TPSA) is 52.6 Å². The summed E-state index contributed by atoms with van der Waals surface area (Å²) in [4.78, 5) is 23.0. The molecule has 0 aromatic heterocycles. The second-order valence-electron chi connectivity index (χ2n) is 4.36. The van der Waals surface area contributed by atoms with E-state index in [4.69, 9.17) is 4.74 Å². The number of rotatable bonds is 2. The molecule has 4 heteroatoms. The zero-order valence-electron chi connectivity index (χ0n) is 10.1. The van der Waals surface area contributed by atoms with Crippen molar-refractivity contribution in [1.82, 2.24) is 0 Å². The van der Waals surface area contributed by atoms with Crippen LogP contribution in [0.15, 0.2) is 18.2 Å². The van der Waals surface area contributed by atoms with Gasteiger partial charge in [-0.25, -0.2) is 4.79 Å². The van der Waals surface area contributed by atoms with Crippen LogP contribution >= 0.6 is 0 Å². The second kappa shape index (κ2) is 3.87. The molecule has 0 N–H and O–H groups in total. The van der Waals surface area contributed by atoms with Gasteiger partial charge in [0.25, 0.3) is 0 Å². The molecule has 0 fully saturated rings. The molecule has 0 saturated heterocycles. The van der Waals surface area contributed by atoms with Crippen molar-refractivity contribution >= 4 is 11.9 Å². The summed E-state index contributed by atoms with van der Waals surface area (Å²) in [6.45, 7) is 1.85. The highest BCUT2D eigenvalue weighted by Gasteiger charge is 2.46. The molecule has 4 nitrogen and oxygen atoms in total. The van der Waals surface area contributed by atoms with Gasteiger partial charge in [0.05, 0.1) is 25.2 Å². The Balaban J connectivity index is 2.33. The van der Waals surface area contributed by atoms with Crippen LogP contribution < -0.4 is 0 Å². The van der Waals surface area contributed by atoms with Crippen LogP contribution in [-0.2, 0) is 26.1 Å². The number of hydrogen-bond donors (Lipinski definition) is 0. The molecule has 0 saturated carbocycles. The van der Waals surface area contributed by atoms with Crippen LogP contribution in [0.3, 0.4) is 0 Å². The third-order valence-electron chi connectivity index (χ3n) is 3.30. The average molecular weight is 234 g/mol. The molecule has 1 atom stereocenters. The van der Waals surface area contributed by atoms with Gasteiger partial charge in [-0.1, -0.05) is 6.07 Å². The third-order valence-corrected chi connectivity index (χ3v) is 3.30. The number of carbonyl (C=O) groups excluding carboxylic acids is 2. The van der Waals surface area contributed by atoms with Crippen molar-refractivity contribution in [2.75, 3.05) is 14.2 Å². The molecule has 2 rings (SSSR count). The summed E-state index contributed by atoms with van der Waals surface area (Å²) in [5.74, 6) is -0.602. The van der Waals surface area contributed by atoms with E-state index in [1.165, 1.54) is 14.2 Å². The molecule has 0 bridgehead atoms. The number of ether oxygens (including phenoxy) is 2. The number of fused-ring (bicyclic) bond motifs is 1. The molecule has 0 heterocycles. The molecular formula is C13H14O4. The highest BCUT2D eigenvalue weighted by atomic mass is 16.5. The lowest BCUT2D eigenvalue weighted by Gasteiger charge is -2.38. The molecule has 17 heavy (non-hydrogen) atoms. The molecular weight excluding hydrogens is 220 g/mol. The quantitative estimate of drug-likeness (QED) is 0.727. The predicted octanol–water partition coefficient (Wildman–Crippen LogP) is 1.46. The molecule has 1 aliphatic rings. The first-order valence-corrected chi connectivity index (χ1v) is 5.33. The molecule has 1 aromatic rings. The number of esters is 2. The molecule has 0 radical (unpaired) electrons. The van der Waals surface area contributed by atoms with Crippen LogP contribution in [0.4, 0.5) is 0 Å². The van der Waals surface area contributed by atoms with Gasteiger partial charge in [0, 0.05) is 0 Å². The summed E-state index contributed by atoms with van der Waals surface area (Å²) >= 11 is 0. The van der Waals surface area contributed by atoms with E-state index in [0.29, 0.717) is 12.0 Å². The Bertz CT molecular complexity index is 492. The normalized spacial score (nSPS) is 21.1. The molecule has 1 aliphatic carbocycles. The minimum atomic E-state index is -0.571. The van der Waals surface area contributed by atoms with E-state index in [-0.39, 0.29) is 11.9 Å². The Morgan fingerprint density at radius 3 is 2.47 bits per heavy atom. The summed E-state index contributed by atoms with van der Waals surface area (Å²) in [6, 6.07) is 5.24. The van der Waals surface area contributed by atoms with Gasteiger partial charge in [-0.3, -0.25) is 4.79 Å². The maximum atomic E-state index is 11.6. The van der Waals surface area contributed by atoms with Crippen molar-refractivity contribution in [2.45, 2.75) is 18.8 Å². The predicted molar refractivity (Wildman–Crippen MR) is 60.9 cm³/mol. The fourth-order valence-electron chi connectivity index (χ4n) is 2.30. The van der Waals surface area contributed by atoms with Gasteiger partial charge < -0.3 is 9.47 Å². The van der Waals surface area contributed by atoms with Crippen LogP contribution in [0.1, 0.15) is 28.4 Å². The maximum Gasteiger partial charge on any atom is 0.337 e. The molecule has 0 aliphatic heterocycles. The van der Waals surface area contributed by atoms with E-state index in [1.54, 1.807) is 18.2 Å². The second-order valence-corrected chi connectivity index (χ2v) is 4.36. The monoisotopic (exact) mass is 234 g/mol. The Morgan fingerprint density at radius 1 is 1.24 bits per heavy atom. The SMILES string of the molecule is COC(=O)c1ccc2c(c1)CC2(C)C(=O)OC. The lowest BCUT2D eigenvalue weighted by molar-refractivity contribution is -0.147. The van der Waals surface area contributed by atoms with E-state index < -0.39 is 5.41 Å². The fourth-order valence-corrected chi connectivity index (χ4v) is 2.30. The average Bonchev–Trinajstić information content (AvgIpc) is 2.34. The van der Waals surface area contributed by atoms with Crippen molar-refractivity contribution < 1.29 is 19.1 Å². The summed E-state index contributed by atoms with van der Waals surface area (Å²) in [5, 5.41) is 0. The number of hydrogen-bond acceptors (Lipinski definition) is 4. The van der Waals surface area contributed by atoms with E-state index in [9.17, 15) is 9.59 Å². The first kappa shape index (κ1) is 11.6.